The zero-order valence-corrected chi connectivity index (χ0v) is 9.55. The fourth-order valence-electron chi connectivity index (χ4n) is 1.62. The van der Waals surface area contributed by atoms with Gasteiger partial charge in [0.2, 0.25) is 0 Å². The van der Waals surface area contributed by atoms with E-state index in [2.05, 4.69) is 16.8 Å². The van der Waals surface area contributed by atoms with E-state index in [-0.39, 0.29) is 12.0 Å². The van der Waals surface area contributed by atoms with Crippen molar-refractivity contribution in [3.05, 3.63) is 22.4 Å². The molecule has 15 heavy (non-hydrogen) atoms. The Morgan fingerprint density at radius 3 is 3.07 bits per heavy atom. The molecule has 1 aromatic heterocycles. The van der Waals surface area contributed by atoms with Gasteiger partial charge in [-0.2, -0.15) is 11.3 Å². The largest absolute Gasteiger partial charge is 0.468 e. The molecule has 1 unspecified atom stereocenters. The summed E-state index contributed by atoms with van der Waals surface area (Å²) in [7, 11) is 1.45. The Balaban J connectivity index is 1.87. The SMILES string of the molecule is COC(=O)C(NCc1ccsc1)C1CC1. The maximum Gasteiger partial charge on any atom is 0.323 e. The van der Waals surface area contributed by atoms with E-state index in [1.54, 1.807) is 11.3 Å². The van der Waals surface area contributed by atoms with Gasteiger partial charge in [-0.05, 0) is 41.1 Å². The first-order valence-corrected chi connectivity index (χ1v) is 6.08. The minimum atomic E-state index is -0.132. The number of methoxy groups -OCH3 is 1. The molecule has 1 aromatic rings. The average Bonchev–Trinajstić information content (AvgIpc) is 2.95. The van der Waals surface area contributed by atoms with Gasteiger partial charge in [-0.15, -0.1) is 0 Å². The van der Waals surface area contributed by atoms with E-state index >= 15 is 0 Å². The number of ether oxygens (including phenoxy) is 1. The van der Waals surface area contributed by atoms with E-state index in [1.165, 1.54) is 12.7 Å². The predicted molar refractivity (Wildman–Crippen MR) is 59.7 cm³/mol. The second kappa shape index (κ2) is 4.77. The molecule has 0 amide bonds. The molecule has 0 aliphatic heterocycles. The van der Waals surface area contributed by atoms with Crippen LogP contribution in [-0.2, 0) is 16.1 Å². The summed E-state index contributed by atoms with van der Waals surface area (Å²) in [5, 5.41) is 7.40. The summed E-state index contributed by atoms with van der Waals surface area (Å²) in [5.74, 6) is 0.351. The van der Waals surface area contributed by atoms with Gasteiger partial charge in [0.05, 0.1) is 7.11 Å². The lowest BCUT2D eigenvalue weighted by molar-refractivity contribution is -0.143. The standard InChI is InChI=1S/C11H15NO2S/c1-14-11(13)10(9-2-3-9)12-6-8-4-5-15-7-8/h4-5,7,9-10,12H,2-3,6H2,1H3. The highest BCUT2D eigenvalue weighted by Gasteiger charge is 2.36. The van der Waals surface area contributed by atoms with Gasteiger partial charge >= 0.3 is 5.97 Å². The maximum absolute atomic E-state index is 11.5. The summed E-state index contributed by atoms with van der Waals surface area (Å²) in [5.41, 5.74) is 1.23. The molecule has 82 valence electrons. The van der Waals surface area contributed by atoms with E-state index in [0.29, 0.717) is 5.92 Å². The van der Waals surface area contributed by atoms with Gasteiger partial charge in [0.1, 0.15) is 6.04 Å². The summed E-state index contributed by atoms with van der Waals surface area (Å²) in [6.45, 7) is 0.750. The zero-order chi connectivity index (χ0) is 10.7. The normalized spacial score (nSPS) is 17.4. The lowest BCUT2D eigenvalue weighted by atomic mass is 10.2. The van der Waals surface area contributed by atoms with Crippen LogP contribution in [0.2, 0.25) is 0 Å². The molecule has 1 N–H and O–H groups in total. The smallest absolute Gasteiger partial charge is 0.323 e. The third-order valence-electron chi connectivity index (χ3n) is 2.65. The van der Waals surface area contributed by atoms with Crippen molar-refractivity contribution in [1.29, 1.82) is 0 Å². The molecule has 0 radical (unpaired) electrons. The molecular weight excluding hydrogens is 210 g/mol. The van der Waals surface area contributed by atoms with Crippen LogP contribution in [0.25, 0.3) is 0 Å². The van der Waals surface area contributed by atoms with Crippen LogP contribution in [-0.4, -0.2) is 19.1 Å². The Hall–Kier alpha value is -0.870. The number of thiophene rings is 1. The van der Waals surface area contributed by atoms with Crippen LogP contribution < -0.4 is 5.32 Å². The first-order valence-electron chi connectivity index (χ1n) is 5.13. The zero-order valence-electron chi connectivity index (χ0n) is 8.73. The number of carbonyl (C=O) groups is 1. The summed E-state index contributed by atoms with van der Waals surface area (Å²) >= 11 is 1.67. The molecule has 0 aromatic carbocycles. The van der Waals surface area contributed by atoms with Crippen molar-refractivity contribution in [2.45, 2.75) is 25.4 Å². The van der Waals surface area contributed by atoms with Crippen LogP contribution in [0.5, 0.6) is 0 Å². The third-order valence-corrected chi connectivity index (χ3v) is 3.39. The second-order valence-electron chi connectivity index (χ2n) is 3.85. The lowest BCUT2D eigenvalue weighted by Crippen LogP contribution is -2.38. The average molecular weight is 225 g/mol. The Bertz CT molecular complexity index is 319. The van der Waals surface area contributed by atoms with E-state index in [0.717, 1.165) is 19.4 Å². The van der Waals surface area contributed by atoms with Crippen molar-refractivity contribution >= 4 is 17.3 Å². The van der Waals surface area contributed by atoms with Crippen molar-refractivity contribution < 1.29 is 9.53 Å². The molecule has 1 fully saturated rings. The number of hydrogen-bond donors (Lipinski definition) is 1. The van der Waals surface area contributed by atoms with Crippen LogP contribution >= 0.6 is 11.3 Å². The molecule has 0 bridgehead atoms. The molecule has 1 atom stereocenters. The van der Waals surface area contributed by atoms with Crippen LogP contribution in [0.4, 0.5) is 0 Å². The maximum atomic E-state index is 11.5. The minimum Gasteiger partial charge on any atom is -0.468 e. The molecule has 3 nitrogen and oxygen atoms in total. The molecule has 0 spiro atoms. The molecule has 1 aliphatic rings. The van der Waals surface area contributed by atoms with Crippen molar-refractivity contribution in [2.75, 3.05) is 7.11 Å². The van der Waals surface area contributed by atoms with Gasteiger partial charge in [0.25, 0.3) is 0 Å². The van der Waals surface area contributed by atoms with Crippen LogP contribution in [0.3, 0.4) is 0 Å². The van der Waals surface area contributed by atoms with Crippen LogP contribution in [0.1, 0.15) is 18.4 Å². The Labute approximate surface area is 93.4 Å². The molecule has 4 heteroatoms. The highest BCUT2D eigenvalue weighted by Crippen LogP contribution is 2.33. The molecule has 1 saturated carbocycles. The lowest BCUT2D eigenvalue weighted by Gasteiger charge is -2.14. The number of carbonyl (C=O) groups excluding carboxylic acids is 1. The first kappa shape index (κ1) is 10.6. The third kappa shape index (κ3) is 2.79. The number of rotatable bonds is 5. The quantitative estimate of drug-likeness (QED) is 0.776. The van der Waals surface area contributed by atoms with Gasteiger partial charge in [-0.1, -0.05) is 0 Å². The van der Waals surface area contributed by atoms with Crippen molar-refractivity contribution in [3.8, 4) is 0 Å². The van der Waals surface area contributed by atoms with Crippen molar-refractivity contribution in [2.24, 2.45) is 5.92 Å². The molecule has 0 saturated heterocycles. The summed E-state index contributed by atoms with van der Waals surface area (Å²) in [6, 6.07) is 1.95. The Morgan fingerprint density at radius 1 is 1.73 bits per heavy atom. The fourth-order valence-corrected chi connectivity index (χ4v) is 2.29. The molecule has 1 heterocycles. The van der Waals surface area contributed by atoms with Gasteiger partial charge in [-0.3, -0.25) is 4.79 Å². The second-order valence-corrected chi connectivity index (χ2v) is 4.63. The van der Waals surface area contributed by atoms with Gasteiger partial charge in [-0.25, -0.2) is 0 Å². The summed E-state index contributed by atoms with van der Waals surface area (Å²) < 4.78 is 4.78. The summed E-state index contributed by atoms with van der Waals surface area (Å²) in [6.07, 6.45) is 2.27. The first-order chi connectivity index (χ1) is 7.31. The van der Waals surface area contributed by atoms with Gasteiger partial charge < -0.3 is 10.1 Å². The Kier molecular flexibility index (Phi) is 3.38. The van der Waals surface area contributed by atoms with E-state index in [9.17, 15) is 4.79 Å². The van der Waals surface area contributed by atoms with E-state index in [4.69, 9.17) is 4.74 Å². The highest BCUT2D eigenvalue weighted by atomic mass is 32.1. The topological polar surface area (TPSA) is 38.3 Å². The minimum absolute atomic E-state index is 0.116. The van der Waals surface area contributed by atoms with Crippen molar-refractivity contribution in [1.82, 2.24) is 5.32 Å². The van der Waals surface area contributed by atoms with Crippen molar-refractivity contribution in [3.63, 3.8) is 0 Å². The summed E-state index contributed by atoms with van der Waals surface area (Å²) in [4.78, 5) is 11.5. The predicted octanol–water partition coefficient (Wildman–Crippen LogP) is 1.79. The number of esters is 1. The van der Waals surface area contributed by atoms with Crippen LogP contribution in [0, 0.1) is 5.92 Å². The van der Waals surface area contributed by atoms with Crippen LogP contribution in [0.15, 0.2) is 16.8 Å². The molecule has 1 aliphatic carbocycles. The fraction of sp³-hybridized carbons (Fsp3) is 0.545. The Morgan fingerprint density at radius 2 is 2.53 bits per heavy atom. The molecule has 2 rings (SSSR count). The van der Waals surface area contributed by atoms with Gasteiger partial charge in [0, 0.05) is 6.54 Å². The molecular formula is C11H15NO2S. The van der Waals surface area contributed by atoms with E-state index < -0.39 is 0 Å². The highest BCUT2D eigenvalue weighted by molar-refractivity contribution is 7.07. The number of nitrogens with one attached hydrogen (secondary N) is 1. The number of hydrogen-bond acceptors (Lipinski definition) is 4. The van der Waals surface area contributed by atoms with Gasteiger partial charge in [0.15, 0.2) is 0 Å². The monoisotopic (exact) mass is 225 g/mol. The van der Waals surface area contributed by atoms with E-state index in [1.807, 2.05) is 5.38 Å².